The number of pyridine rings is 1. The molecule has 1 aromatic carbocycles. The summed E-state index contributed by atoms with van der Waals surface area (Å²) in [4.78, 5) is 14.3. The van der Waals surface area contributed by atoms with E-state index in [0.29, 0.717) is 69.2 Å². The average molecular weight is 575 g/mol. The molecule has 3 aromatic rings. The number of halogens is 2. The molecule has 1 aliphatic heterocycles. The van der Waals surface area contributed by atoms with Gasteiger partial charge in [0.2, 0.25) is 5.95 Å². The lowest BCUT2D eigenvalue weighted by molar-refractivity contribution is 0.149. The van der Waals surface area contributed by atoms with E-state index in [2.05, 4.69) is 34.4 Å². The summed E-state index contributed by atoms with van der Waals surface area (Å²) in [6, 6.07) is 3.41. The van der Waals surface area contributed by atoms with Gasteiger partial charge in [-0.15, -0.1) is 0 Å². The van der Waals surface area contributed by atoms with Crippen LogP contribution in [-0.4, -0.2) is 71.8 Å². The first-order valence-corrected chi connectivity index (χ1v) is 13.5. The number of aliphatic hydroxyl groups excluding tert-OH is 1. The van der Waals surface area contributed by atoms with Crippen LogP contribution in [0.25, 0.3) is 22.2 Å². The van der Waals surface area contributed by atoms with Crippen molar-refractivity contribution < 1.29 is 19.3 Å². The van der Waals surface area contributed by atoms with E-state index in [1.54, 1.807) is 12.3 Å². The predicted octanol–water partition coefficient (Wildman–Crippen LogP) is 4.50. The topological polar surface area (TPSA) is 123 Å². The van der Waals surface area contributed by atoms with Crippen molar-refractivity contribution in [2.45, 2.75) is 44.1 Å². The lowest BCUT2D eigenvalue weighted by Gasteiger charge is -2.22. The Bertz CT molecular complexity index is 1340. The smallest absolute Gasteiger partial charge is 0.223 e. The number of anilines is 2. The Balaban J connectivity index is 1.56. The van der Waals surface area contributed by atoms with Gasteiger partial charge in [0.1, 0.15) is 23.2 Å². The molecule has 1 aliphatic carbocycles. The molecule has 2 aliphatic rings. The molecule has 208 valence electrons. The fourth-order valence-electron chi connectivity index (χ4n) is 4.69. The Hall–Kier alpha value is -2.89. The first-order valence-electron chi connectivity index (χ1n) is 12.8. The molecule has 39 heavy (non-hydrogen) atoms. The predicted molar refractivity (Wildman–Crippen MR) is 153 cm³/mol. The van der Waals surface area contributed by atoms with Gasteiger partial charge < -0.3 is 30.0 Å². The molecule has 12 heteroatoms. The number of benzene rings is 1. The third-order valence-corrected chi connectivity index (χ3v) is 7.84. The first-order chi connectivity index (χ1) is 18.8. The van der Waals surface area contributed by atoms with Crippen LogP contribution < -0.4 is 25.4 Å². The molecule has 1 unspecified atom stereocenters. The maximum atomic E-state index is 9.94. The largest absolute Gasteiger partial charge is 0.495 e. The van der Waals surface area contributed by atoms with E-state index in [-0.39, 0.29) is 18.1 Å². The van der Waals surface area contributed by atoms with Gasteiger partial charge in [0, 0.05) is 29.3 Å². The van der Waals surface area contributed by atoms with E-state index in [1.165, 1.54) is 33.1 Å². The summed E-state index contributed by atoms with van der Waals surface area (Å²) in [5, 5.41) is 21.3. The highest BCUT2D eigenvalue weighted by atomic mass is 35.5. The number of nitrogens with zero attached hydrogens (tertiary/aromatic N) is 3. The SMILES string of the molecule is C=CC(O)N[C@H]1COC[C@H]1Nc1ncc2cc(-c3c(Cl)c(OC)cc(OC)c3Cl)nc(N[C@@H](C)C3CC3)c2n1. The third kappa shape index (κ3) is 5.85. The highest BCUT2D eigenvalue weighted by molar-refractivity contribution is 6.41. The van der Waals surface area contributed by atoms with Gasteiger partial charge in [-0.3, -0.25) is 5.32 Å². The van der Waals surface area contributed by atoms with Crippen LogP contribution in [0.3, 0.4) is 0 Å². The maximum absolute atomic E-state index is 9.94. The Morgan fingerprint density at radius 1 is 1.10 bits per heavy atom. The lowest BCUT2D eigenvalue weighted by Crippen LogP contribution is -2.47. The zero-order valence-electron chi connectivity index (χ0n) is 22.0. The second-order valence-corrected chi connectivity index (χ2v) is 10.5. The summed E-state index contributed by atoms with van der Waals surface area (Å²) in [6.07, 6.45) is 4.67. The Morgan fingerprint density at radius 2 is 1.79 bits per heavy atom. The minimum atomic E-state index is -0.838. The molecule has 5 rings (SSSR count). The molecule has 4 atom stereocenters. The lowest BCUT2D eigenvalue weighted by atomic mass is 10.1. The third-order valence-electron chi connectivity index (χ3n) is 7.09. The molecule has 1 saturated carbocycles. The van der Waals surface area contributed by atoms with Gasteiger partial charge in [-0.05, 0) is 37.8 Å². The summed E-state index contributed by atoms with van der Waals surface area (Å²) < 4.78 is 16.5. The van der Waals surface area contributed by atoms with Crippen molar-refractivity contribution in [1.29, 1.82) is 0 Å². The first kappa shape index (κ1) is 27.7. The van der Waals surface area contributed by atoms with Crippen LogP contribution in [0, 0.1) is 5.92 Å². The van der Waals surface area contributed by atoms with Crippen LogP contribution >= 0.6 is 23.2 Å². The number of fused-ring (bicyclic) bond motifs is 1. The van der Waals surface area contributed by atoms with Crippen molar-refractivity contribution in [1.82, 2.24) is 20.3 Å². The molecule has 0 amide bonds. The van der Waals surface area contributed by atoms with Crippen LogP contribution in [0.15, 0.2) is 31.0 Å². The van der Waals surface area contributed by atoms with Crippen LogP contribution in [-0.2, 0) is 4.74 Å². The van der Waals surface area contributed by atoms with E-state index in [4.69, 9.17) is 47.4 Å². The molecule has 3 heterocycles. The minimum absolute atomic E-state index is 0.141. The van der Waals surface area contributed by atoms with E-state index in [9.17, 15) is 5.11 Å². The molecule has 0 spiro atoms. The van der Waals surface area contributed by atoms with Crippen molar-refractivity contribution >= 4 is 45.9 Å². The van der Waals surface area contributed by atoms with Crippen molar-refractivity contribution in [2.75, 3.05) is 38.1 Å². The van der Waals surface area contributed by atoms with E-state index >= 15 is 0 Å². The number of ether oxygens (including phenoxy) is 3. The molecule has 0 radical (unpaired) electrons. The second-order valence-electron chi connectivity index (χ2n) is 9.78. The Labute approximate surface area is 237 Å². The van der Waals surface area contributed by atoms with E-state index in [0.717, 1.165) is 5.39 Å². The van der Waals surface area contributed by atoms with Crippen molar-refractivity contribution in [3.8, 4) is 22.8 Å². The van der Waals surface area contributed by atoms with Gasteiger partial charge in [-0.1, -0.05) is 29.8 Å². The number of aromatic nitrogens is 3. The summed E-state index contributed by atoms with van der Waals surface area (Å²) in [7, 11) is 3.07. The maximum Gasteiger partial charge on any atom is 0.223 e. The number of hydrogen-bond acceptors (Lipinski definition) is 10. The summed E-state index contributed by atoms with van der Waals surface area (Å²) in [5.41, 5.74) is 1.69. The van der Waals surface area contributed by atoms with E-state index < -0.39 is 6.23 Å². The van der Waals surface area contributed by atoms with E-state index in [1.807, 2.05) is 6.07 Å². The standard InChI is InChI=1S/C27H32Cl2N6O4/c1-5-21(36)32-17-11-39-12-18(17)34-27-30-10-15-8-16(22-23(28)19(37-3)9-20(38-4)24(22)29)33-26(25(15)35-27)31-13(2)14-6-7-14/h5,8-10,13-14,17-18,21,32,36H,1,6-7,11-12H2,2-4H3,(H,31,33)(H,30,34,35)/t13-,17-,18+,21?/m0/s1. The Kier molecular flexibility index (Phi) is 8.29. The molecule has 1 saturated heterocycles. The molecule has 4 N–H and O–H groups in total. The molecule has 10 nitrogen and oxygen atoms in total. The van der Waals surface area contributed by atoms with Crippen LogP contribution in [0.2, 0.25) is 10.0 Å². The summed E-state index contributed by atoms with van der Waals surface area (Å²) in [6.45, 7) is 6.64. The van der Waals surface area contributed by atoms with Crippen LogP contribution in [0.5, 0.6) is 11.5 Å². The van der Waals surface area contributed by atoms with Crippen LogP contribution in [0.4, 0.5) is 11.8 Å². The normalized spacial score (nSPS) is 20.5. The second kappa shape index (κ2) is 11.7. The number of aliphatic hydroxyl groups is 1. The number of rotatable bonds is 11. The summed E-state index contributed by atoms with van der Waals surface area (Å²) >= 11 is 13.4. The number of hydrogen-bond donors (Lipinski definition) is 4. The molecule has 2 fully saturated rings. The number of methoxy groups -OCH3 is 2. The number of nitrogens with one attached hydrogen (secondary N) is 3. The van der Waals surface area contributed by atoms with Crippen molar-refractivity contribution in [3.63, 3.8) is 0 Å². The zero-order valence-corrected chi connectivity index (χ0v) is 23.5. The monoisotopic (exact) mass is 574 g/mol. The van der Waals surface area contributed by atoms with Gasteiger partial charge in [0.15, 0.2) is 5.82 Å². The van der Waals surface area contributed by atoms with Gasteiger partial charge in [-0.25, -0.2) is 15.0 Å². The minimum Gasteiger partial charge on any atom is -0.495 e. The van der Waals surface area contributed by atoms with Crippen LogP contribution in [0.1, 0.15) is 19.8 Å². The average Bonchev–Trinajstić information content (AvgIpc) is 3.70. The Morgan fingerprint density at radius 3 is 2.44 bits per heavy atom. The highest BCUT2D eigenvalue weighted by Crippen LogP contribution is 2.46. The highest BCUT2D eigenvalue weighted by Gasteiger charge is 2.31. The van der Waals surface area contributed by atoms with Gasteiger partial charge in [0.25, 0.3) is 0 Å². The quantitative estimate of drug-likeness (QED) is 0.192. The fraction of sp³-hybridized carbons (Fsp3) is 0.444. The zero-order chi connectivity index (χ0) is 27.7. The van der Waals surface area contributed by atoms with Crippen molar-refractivity contribution in [2.24, 2.45) is 5.92 Å². The molecular weight excluding hydrogens is 543 g/mol. The summed E-state index contributed by atoms with van der Waals surface area (Å²) in [5.74, 6) is 2.45. The molecular formula is C27H32Cl2N6O4. The molecule has 0 bridgehead atoms. The van der Waals surface area contributed by atoms with Gasteiger partial charge in [-0.2, -0.15) is 0 Å². The van der Waals surface area contributed by atoms with Gasteiger partial charge >= 0.3 is 0 Å². The van der Waals surface area contributed by atoms with Gasteiger partial charge in [0.05, 0.1) is 55.3 Å². The van der Waals surface area contributed by atoms with Crippen molar-refractivity contribution in [3.05, 3.63) is 41.0 Å². The fourth-order valence-corrected chi connectivity index (χ4v) is 5.39. The molecule has 2 aromatic heterocycles.